The van der Waals surface area contributed by atoms with Crippen LogP contribution in [0.15, 0.2) is 48.5 Å². The summed E-state index contributed by atoms with van der Waals surface area (Å²) >= 11 is 2.24. The van der Waals surface area contributed by atoms with Crippen molar-refractivity contribution < 1.29 is 9.53 Å². The van der Waals surface area contributed by atoms with Crippen LogP contribution in [0.4, 0.5) is 0 Å². The first-order valence-electron chi connectivity index (χ1n) is 6.13. The maximum Gasteiger partial charge on any atom is 0.238 e. The minimum Gasteiger partial charge on any atom is -0.489 e. The van der Waals surface area contributed by atoms with Crippen molar-refractivity contribution in [2.45, 2.75) is 13.0 Å². The van der Waals surface area contributed by atoms with Crippen molar-refractivity contribution in [3.8, 4) is 5.75 Å². The average Bonchev–Trinajstić information content (AvgIpc) is 2.46. The largest absolute Gasteiger partial charge is 0.489 e. The first kappa shape index (κ1) is 14.8. The molecule has 0 saturated carbocycles. The normalized spacial score (nSPS) is 10.1. The van der Waals surface area contributed by atoms with E-state index in [1.54, 1.807) is 0 Å². The Morgan fingerprint density at radius 3 is 2.60 bits per heavy atom. The standard InChI is InChI=1S/C15H15IN2O2/c16-13-6-3-7-14(9-13)20-10-12-5-2-1-4-11(12)8-15(19)18-17/h1-7,9H,8,10,17H2,(H,18,19). The Kier molecular flexibility index (Phi) is 5.37. The molecular formula is C15H15IN2O2. The number of hydrogen-bond donors (Lipinski definition) is 2. The minimum absolute atomic E-state index is 0.216. The van der Waals surface area contributed by atoms with Gasteiger partial charge < -0.3 is 4.74 Å². The summed E-state index contributed by atoms with van der Waals surface area (Å²) in [5.41, 5.74) is 4.04. The van der Waals surface area contributed by atoms with E-state index in [1.165, 1.54) is 0 Å². The molecule has 0 aliphatic carbocycles. The molecule has 4 nitrogen and oxygen atoms in total. The van der Waals surface area contributed by atoms with E-state index in [9.17, 15) is 4.79 Å². The van der Waals surface area contributed by atoms with Crippen molar-refractivity contribution in [1.82, 2.24) is 5.43 Å². The van der Waals surface area contributed by atoms with Crippen LogP contribution >= 0.6 is 22.6 Å². The van der Waals surface area contributed by atoms with E-state index in [0.29, 0.717) is 6.61 Å². The Balaban J connectivity index is 2.07. The van der Waals surface area contributed by atoms with E-state index in [-0.39, 0.29) is 12.3 Å². The molecule has 0 aliphatic heterocycles. The third-order valence-corrected chi connectivity index (χ3v) is 3.49. The van der Waals surface area contributed by atoms with E-state index in [4.69, 9.17) is 10.6 Å². The molecule has 0 aromatic heterocycles. The average molecular weight is 382 g/mol. The molecule has 3 N–H and O–H groups in total. The van der Waals surface area contributed by atoms with Crippen molar-refractivity contribution in [3.05, 3.63) is 63.2 Å². The summed E-state index contributed by atoms with van der Waals surface area (Å²) < 4.78 is 6.88. The molecule has 0 atom stereocenters. The van der Waals surface area contributed by atoms with E-state index in [0.717, 1.165) is 20.4 Å². The van der Waals surface area contributed by atoms with Crippen LogP contribution in [0.1, 0.15) is 11.1 Å². The van der Waals surface area contributed by atoms with E-state index in [1.807, 2.05) is 48.5 Å². The van der Waals surface area contributed by atoms with Gasteiger partial charge in [-0.2, -0.15) is 0 Å². The molecular weight excluding hydrogens is 367 g/mol. The lowest BCUT2D eigenvalue weighted by Gasteiger charge is -2.11. The summed E-state index contributed by atoms with van der Waals surface area (Å²) in [4.78, 5) is 11.4. The highest BCUT2D eigenvalue weighted by Gasteiger charge is 2.07. The van der Waals surface area contributed by atoms with Gasteiger partial charge in [-0.25, -0.2) is 5.84 Å². The molecule has 0 heterocycles. The molecule has 0 spiro atoms. The van der Waals surface area contributed by atoms with Gasteiger partial charge in [0.05, 0.1) is 6.42 Å². The second kappa shape index (κ2) is 7.25. The van der Waals surface area contributed by atoms with Crippen molar-refractivity contribution in [2.75, 3.05) is 0 Å². The summed E-state index contributed by atoms with van der Waals surface area (Å²) in [5, 5.41) is 0. The van der Waals surface area contributed by atoms with Gasteiger partial charge >= 0.3 is 0 Å². The Bertz CT molecular complexity index is 602. The third-order valence-electron chi connectivity index (χ3n) is 2.82. The number of hydrogen-bond acceptors (Lipinski definition) is 3. The summed E-state index contributed by atoms with van der Waals surface area (Å²) in [6, 6.07) is 15.5. The molecule has 2 aromatic carbocycles. The van der Waals surface area contributed by atoms with Crippen molar-refractivity contribution in [2.24, 2.45) is 5.84 Å². The van der Waals surface area contributed by atoms with E-state index < -0.39 is 0 Å². The van der Waals surface area contributed by atoms with E-state index >= 15 is 0 Å². The van der Waals surface area contributed by atoms with Crippen LogP contribution in [0.2, 0.25) is 0 Å². The van der Waals surface area contributed by atoms with E-state index in [2.05, 4.69) is 28.0 Å². The van der Waals surface area contributed by atoms with Crippen molar-refractivity contribution in [1.29, 1.82) is 0 Å². The summed E-state index contributed by atoms with van der Waals surface area (Å²) in [7, 11) is 0. The van der Waals surface area contributed by atoms with Crippen LogP contribution in [0.25, 0.3) is 0 Å². The van der Waals surface area contributed by atoms with Crippen LogP contribution in [-0.2, 0) is 17.8 Å². The highest BCUT2D eigenvalue weighted by Crippen LogP contribution is 2.18. The molecule has 20 heavy (non-hydrogen) atoms. The second-order valence-corrected chi connectivity index (χ2v) is 5.50. The SMILES string of the molecule is NNC(=O)Cc1ccccc1COc1cccc(I)c1. The Morgan fingerprint density at radius 2 is 1.90 bits per heavy atom. The lowest BCUT2D eigenvalue weighted by Crippen LogP contribution is -2.31. The van der Waals surface area contributed by atoms with Crippen LogP contribution in [0.3, 0.4) is 0 Å². The number of amides is 1. The van der Waals surface area contributed by atoms with Gasteiger partial charge in [-0.15, -0.1) is 0 Å². The topological polar surface area (TPSA) is 64.3 Å². The smallest absolute Gasteiger partial charge is 0.238 e. The lowest BCUT2D eigenvalue weighted by molar-refractivity contribution is -0.120. The molecule has 2 rings (SSSR count). The maximum atomic E-state index is 11.4. The van der Waals surface area contributed by atoms with Crippen LogP contribution < -0.4 is 16.0 Å². The van der Waals surface area contributed by atoms with Gasteiger partial charge in [0.2, 0.25) is 5.91 Å². The molecule has 104 valence electrons. The number of ether oxygens (including phenoxy) is 1. The van der Waals surface area contributed by atoms with Crippen LogP contribution in [0, 0.1) is 3.57 Å². The fraction of sp³-hybridized carbons (Fsp3) is 0.133. The number of rotatable bonds is 5. The van der Waals surface area contributed by atoms with Gasteiger partial charge in [-0.1, -0.05) is 30.3 Å². The number of halogens is 1. The first-order chi connectivity index (χ1) is 9.69. The van der Waals surface area contributed by atoms with Crippen molar-refractivity contribution in [3.63, 3.8) is 0 Å². The number of nitrogens with two attached hydrogens (primary N) is 1. The zero-order valence-electron chi connectivity index (χ0n) is 10.8. The molecule has 0 fully saturated rings. The maximum absolute atomic E-state index is 11.4. The number of carbonyl (C=O) groups excluding carboxylic acids is 1. The Morgan fingerprint density at radius 1 is 1.15 bits per heavy atom. The second-order valence-electron chi connectivity index (χ2n) is 4.26. The lowest BCUT2D eigenvalue weighted by atomic mass is 10.1. The number of hydrazine groups is 1. The molecule has 0 saturated heterocycles. The minimum atomic E-state index is -0.216. The van der Waals surface area contributed by atoms with Crippen LogP contribution in [-0.4, -0.2) is 5.91 Å². The quantitative estimate of drug-likeness (QED) is 0.361. The van der Waals surface area contributed by atoms with Gasteiger partial charge in [0.25, 0.3) is 0 Å². The summed E-state index contributed by atoms with van der Waals surface area (Å²) in [5.74, 6) is 5.72. The fourth-order valence-corrected chi connectivity index (χ4v) is 2.33. The van der Waals surface area contributed by atoms with Crippen molar-refractivity contribution >= 4 is 28.5 Å². The molecule has 0 radical (unpaired) electrons. The molecule has 0 bridgehead atoms. The monoisotopic (exact) mass is 382 g/mol. The number of carbonyl (C=O) groups is 1. The van der Waals surface area contributed by atoms with Gasteiger partial charge in [0, 0.05) is 3.57 Å². The molecule has 0 unspecified atom stereocenters. The summed E-state index contributed by atoms with van der Waals surface area (Å²) in [6.07, 6.45) is 0.252. The molecule has 5 heteroatoms. The highest BCUT2D eigenvalue weighted by atomic mass is 127. The fourth-order valence-electron chi connectivity index (χ4n) is 1.81. The molecule has 0 aliphatic rings. The highest BCUT2D eigenvalue weighted by molar-refractivity contribution is 14.1. The first-order valence-corrected chi connectivity index (χ1v) is 7.21. The Hall–Kier alpha value is -1.60. The van der Waals surface area contributed by atoms with Gasteiger partial charge in [0.1, 0.15) is 12.4 Å². The number of benzene rings is 2. The zero-order valence-corrected chi connectivity index (χ0v) is 13.0. The predicted octanol–water partition coefficient (Wildman–Crippen LogP) is 2.40. The third kappa shape index (κ3) is 4.21. The van der Waals surface area contributed by atoms with Crippen LogP contribution in [0.5, 0.6) is 5.75 Å². The summed E-state index contributed by atoms with van der Waals surface area (Å²) in [6.45, 7) is 0.425. The molecule has 1 amide bonds. The zero-order chi connectivity index (χ0) is 14.4. The van der Waals surface area contributed by atoms with Gasteiger partial charge in [0.15, 0.2) is 0 Å². The number of nitrogens with one attached hydrogen (secondary N) is 1. The van der Waals surface area contributed by atoms with Gasteiger partial charge in [-0.05, 0) is 51.9 Å². The predicted molar refractivity (Wildman–Crippen MR) is 86.0 cm³/mol. The van der Waals surface area contributed by atoms with Gasteiger partial charge in [-0.3, -0.25) is 10.2 Å². The Labute approximate surface area is 131 Å². The molecule has 2 aromatic rings.